The molecule has 0 amide bonds. The molecular formula is C8H12N. The SMILES string of the molecule is [CH2]C1(C#N)CCCCC1. The summed E-state index contributed by atoms with van der Waals surface area (Å²) in [6.45, 7) is 3.89. The van der Waals surface area contributed by atoms with Crippen LogP contribution in [0.3, 0.4) is 0 Å². The van der Waals surface area contributed by atoms with E-state index in [1.165, 1.54) is 19.3 Å². The molecule has 49 valence electrons. The first kappa shape index (κ1) is 6.61. The van der Waals surface area contributed by atoms with Gasteiger partial charge in [-0.15, -0.1) is 0 Å². The fraction of sp³-hybridized carbons (Fsp3) is 0.750. The van der Waals surface area contributed by atoms with Gasteiger partial charge in [-0.2, -0.15) is 5.26 Å². The van der Waals surface area contributed by atoms with Gasteiger partial charge in [0.15, 0.2) is 0 Å². The topological polar surface area (TPSA) is 23.8 Å². The van der Waals surface area contributed by atoms with E-state index >= 15 is 0 Å². The minimum Gasteiger partial charge on any atom is -0.198 e. The van der Waals surface area contributed by atoms with E-state index in [0.717, 1.165) is 12.8 Å². The Labute approximate surface area is 56.7 Å². The maximum Gasteiger partial charge on any atom is 0.0689 e. The van der Waals surface area contributed by atoms with Gasteiger partial charge in [-0.3, -0.25) is 0 Å². The van der Waals surface area contributed by atoms with Crippen LogP contribution in [0.25, 0.3) is 0 Å². The van der Waals surface area contributed by atoms with Crippen LogP contribution in [-0.4, -0.2) is 0 Å². The van der Waals surface area contributed by atoms with Gasteiger partial charge in [-0.05, 0) is 19.8 Å². The molecule has 0 aromatic rings. The lowest BCUT2D eigenvalue weighted by Crippen LogP contribution is -2.17. The van der Waals surface area contributed by atoms with Gasteiger partial charge in [0.05, 0.1) is 11.5 Å². The first-order valence-corrected chi connectivity index (χ1v) is 3.53. The van der Waals surface area contributed by atoms with Crippen molar-refractivity contribution in [3.8, 4) is 6.07 Å². The van der Waals surface area contributed by atoms with Gasteiger partial charge in [0, 0.05) is 0 Å². The van der Waals surface area contributed by atoms with Gasteiger partial charge >= 0.3 is 0 Å². The average Bonchev–Trinajstić information content (AvgIpc) is 1.90. The predicted molar refractivity (Wildman–Crippen MR) is 36.5 cm³/mol. The Hall–Kier alpha value is -0.510. The van der Waals surface area contributed by atoms with Crippen LogP contribution in [0.4, 0.5) is 0 Å². The van der Waals surface area contributed by atoms with E-state index < -0.39 is 0 Å². The Morgan fingerprint density at radius 3 is 2.11 bits per heavy atom. The van der Waals surface area contributed by atoms with Crippen LogP contribution in [0.15, 0.2) is 0 Å². The maximum atomic E-state index is 8.64. The highest BCUT2D eigenvalue weighted by molar-refractivity contribution is 5.02. The fourth-order valence-corrected chi connectivity index (χ4v) is 1.34. The van der Waals surface area contributed by atoms with E-state index in [-0.39, 0.29) is 5.41 Å². The summed E-state index contributed by atoms with van der Waals surface area (Å²) in [5.41, 5.74) is -0.224. The maximum absolute atomic E-state index is 8.64. The predicted octanol–water partition coefficient (Wildman–Crippen LogP) is 2.29. The standard InChI is InChI=1S/C8H12N/c1-8(7-9)5-3-2-4-6-8/h1-6H2. The van der Waals surface area contributed by atoms with Crippen LogP contribution in [0.5, 0.6) is 0 Å². The molecule has 0 bridgehead atoms. The molecule has 1 saturated carbocycles. The molecule has 0 aliphatic heterocycles. The smallest absolute Gasteiger partial charge is 0.0689 e. The molecule has 1 rings (SSSR count). The molecule has 9 heavy (non-hydrogen) atoms. The van der Waals surface area contributed by atoms with Crippen molar-refractivity contribution in [2.75, 3.05) is 0 Å². The summed E-state index contributed by atoms with van der Waals surface area (Å²) < 4.78 is 0. The monoisotopic (exact) mass is 122 g/mol. The van der Waals surface area contributed by atoms with Crippen LogP contribution in [0.1, 0.15) is 32.1 Å². The van der Waals surface area contributed by atoms with Crippen LogP contribution < -0.4 is 0 Å². The van der Waals surface area contributed by atoms with E-state index in [0.29, 0.717) is 0 Å². The Balaban J connectivity index is 2.49. The molecule has 0 atom stereocenters. The van der Waals surface area contributed by atoms with Gasteiger partial charge in [-0.25, -0.2) is 0 Å². The summed E-state index contributed by atoms with van der Waals surface area (Å²) in [7, 11) is 0. The Kier molecular flexibility index (Phi) is 1.75. The van der Waals surface area contributed by atoms with Crippen molar-refractivity contribution in [3.63, 3.8) is 0 Å². The lowest BCUT2D eigenvalue weighted by atomic mass is 9.77. The summed E-state index contributed by atoms with van der Waals surface area (Å²) in [6.07, 6.45) is 5.68. The van der Waals surface area contributed by atoms with Gasteiger partial charge in [0.25, 0.3) is 0 Å². The largest absolute Gasteiger partial charge is 0.198 e. The van der Waals surface area contributed by atoms with E-state index in [2.05, 4.69) is 13.0 Å². The summed E-state index contributed by atoms with van der Waals surface area (Å²) in [4.78, 5) is 0. The van der Waals surface area contributed by atoms with Crippen molar-refractivity contribution >= 4 is 0 Å². The third-order valence-electron chi connectivity index (χ3n) is 2.05. The van der Waals surface area contributed by atoms with Gasteiger partial charge in [0.1, 0.15) is 0 Å². The fourth-order valence-electron chi connectivity index (χ4n) is 1.34. The van der Waals surface area contributed by atoms with Crippen molar-refractivity contribution in [3.05, 3.63) is 6.92 Å². The Morgan fingerprint density at radius 1 is 1.22 bits per heavy atom. The number of rotatable bonds is 0. The minimum atomic E-state index is -0.224. The summed E-state index contributed by atoms with van der Waals surface area (Å²) in [5.74, 6) is 0. The van der Waals surface area contributed by atoms with Crippen LogP contribution in [0, 0.1) is 23.7 Å². The van der Waals surface area contributed by atoms with Gasteiger partial charge in [0.2, 0.25) is 0 Å². The van der Waals surface area contributed by atoms with Crippen LogP contribution in [-0.2, 0) is 0 Å². The zero-order valence-electron chi connectivity index (χ0n) is 5.69. The quantitative estimate of drug-likeness (QED) is 0.483. The highest BCUT2D eigenvalue weighted by Crippen LogP contribution is 2.34. The molecule has 0 heterocycles. The Bertz CT molecular complexity index is 126. The third kappa shape index (κ3) is 1.45. The molecule has 0 aromatic carbocycles. The summed E-state index contributed by atoms with van der Waals surface area (Å²) >= 11 is 0. The molecule has 1 aliphatic carbocycles. The number of nitriles is 1. The van der Waals surface area contributed by atoms with Crippen molar-refractivity contribution in [2.24, 2.45) is 5.41 Å². The van der Waals surface area contributed by atoms with Gasteiger partial charge in [-0.1, -0.05) is 19.3 Å². The first-order chi connectivity index (χ1) is 4.27. The van der Waals surface area contributed by atoms with Crippen LogP contribution >= 0.6 is 0 Å². The molecule has 0 unspecified atom stereocenters. The van der Waals surface area contributed by atoms with E-state index in [4.69, 9.17) is 5.26 Å². The number of hydrogen-bond acceptors (Lipinski definition) is 1. The average molecular weight is 122 g/mol. The zero-order valence-corrected chi connectivity index (χ0v) is 5.69. The zero-order chi connectivity index (χ0) is 6.74. The second-order valence-corrected chi connectivity index (χ2v) is 2.95. The molecule has 0 aromatic heterocycles. The Morgan fingerprint density at radius 2 is 1.78 bits per heavy atom. The van der Waals surface area contributed by atoms with Crippen molar-refractivity contribution in [2.45, 2.75) is 32.1 Å². The van der Waals surface area contributed by atoms with Crippen LogP contribution in [0.2, 0.25) is 0 Å². The highest BCUT2D eigenvalue weighted by Gasteiger charge is 2.25. The molecule has 1 radical (unpaired) electrons. The first-order valence-electron chi connectivity index (χ1n) is 3.53. The second kappa shape index (κ2) is 2.39. The normalized spacial score (nSPS) is 24.9. The number of nitrogens with zero attached hydrogens (tertiary/aromatic N) is 1. The third-order valence-corrected chi connectivity index (χ3v) is 2.05. The number of hydrogen-bond donors (Lipinski definition) is 0. The second-order valence-electron chi connectivity index (χ2n) is 2.95. The molecule has 1 fully saturated rings. The molecular weight excluding hydrogens is 110 g/mol. The van der Waals surface area contributed by atoms with E-state index in [1.54, 1.807) is 0 Å². The van der Waals surface area contributed by atoms with Gasteiger partial charge < -0.3 is 0 Å². The molecule has 0 saturated heterocycles. The molecule has 1 heteroatoms. The molecule has 0 spiro atoms. The van der Waals surface area contributed by atoms with E-state index in [9.17, 15) is 0 Å². The molecule has 0 N–H and O–H groups in total. The van der Waals surface area contributed by atoms with Crippen molar-refractivity contribution < 1.29 is 0 Å². The van der Waals surface area contributed by atoms with Crippen molar-refractivity contribution in [1.82, 2.24) is 0 Å². The molecule has 1 aliphatic rings. The summed E-state index contributed by atoms with van der Waals surface area (Å²) in [6, 6.07) is 2.27. The summed E-state index contributed by atoms with van der Waals surface area (Å²) in [5, 5.41) is 8.64. The minimum absolute atomic E-state index is 0.224. The van der Waals surface area contributed by atoms with E-state index in [1.807, 2.05) is 0 Å². The van der Waals surface area contributed by atoms with Crippen molar-refractivity contribution in [1.29, 1.82) is 5.26 Å². The lowest BCUT2D eigenvalue weighted by Gasteiger charge is -2.25. The lowest BCUT2D eigenvalue weighted by molar-refractivity contribution is 0.332. The molecule has 1 nitrogen and oxygen atoms in total. The highest BCUT2D eigenvalue weighted by atomic mass is 14.4.